The molecule has 10 aromatic rings. The van der Waals surface area contributed by atoms with Gasteiger partial charge in [-0.1, -0.05) is 129 Å². The first-order chi connectivity index (χ1) is 26.5. The molecule has 0 fully saturated rings. The minimum absolute atomic E-state index is 0.142. The van der Waals surface area contributed by atoms with Crippen molar-refractivity contribution < 1.29 is 8.83 Å². The summed E-state index contributed by atoms with van der Waals surface area (Å²) in [7, 11) is 0. The lowest BCUT2D eigenvalue weighted by molar-refractivity contribution is 0.617. The van der Waals surface area contributed by atoms with Crippen LogP contribution in [0.2, 0.25) is 0 Å². The normalized spacial score (nSPS) is 13.1. The van der Waals surface area contributed by atoms with E-state index in [2.05, 4.69) is 152 Å². The van der Waals surface area contributed by atoms with Gasteiger partial charge >= 0.3 is 0 Å². The maximum atomic E-state index is 6.83. The average molecular weight is 695 g/mol. The van der Waals surface area contributed by atoms with Crippen molar-refractivity contribution in [3.05, 3.63) is 181 Å². The second-order valence-electron chi connectivity index (χ2n) is 14.8. The first kappa shape index (κ1) is 30.7. The molecule has 0 radical (unpaired) electrons. The van der Waals surface area contributed by atoms with E-state index >= 15 is 0 Å². The summed E-state index contributed by atoms with van der Waals surface area (Å²) in [4.78, 5) is 7.21. The molecule has 2 aromatic heterocycles. The molecule has 1 aliphatic carbocycles. The zero-order valence-electron chi connectivity index (χ0n) is 29.9. The number of furan rings is 1. The Hall–Kier alpha value is -6.91. The largest absolute Gasteiger partial charge is 0.454 e. The van der Waals surface area contributed by atoms with E-state index in [0.717, 1.165) is 50.1 Å². The van der Waals surface area contributed by atoms with Crippen LogP contribution < -0.4 is 4.90 Å². The third-order valence-corrected chi connectivity index (χ3v) is 11.3. The van der Waals surface area contributed by atoms with Gasteiger partial charge in [0.15, 0.2) is 11.2 Å². The van der Waals surface area contributed by atoms with E-state index in [-0.39, 0.29) is 5.41 Å². The summed E-state index contributed by atoms with van der Waals surface area (Å²) in [6.45, 7) is 4.66. The highest BCUT2D eigenvalue weighted by atomic mass is 16.4. The number of oxazole rings is 1. The van der Waals surface area contributed by atoms with Crippen LogP contribution in [-0.2, 0) is 5.41 Å². The van der Waals surface area contributed by atoms with Crippen molar-refractivity contribution in [3.8, 4) is 33.7 Å². The van der Waals surface area contributed by atoms with Crippen molar-refractivity contribution in [3.63, 3.8) is 0 Å². The van der Waals surface area contributed by atoms with Crippen molar-refractivity contribution >= 4 is 60.9 Å². The molecule has 0 unspecified atom stereocenters. The number of benzene rings is 8. The summed E-state index contributed by atoms with van der Waals surface area (Å²) in [5.74, 6) is 0.600. The number of nitrogens with zero attached hydrogens (tertiary/aromatic N) is 2. The van der Waals surface area contributed by atoms with Gasteiger partial charge in [-0.05, 0) is 92.7 Å². The van der Waals surface area contributed by atoms with Gasteiger partial charge in [-0.3, -0.25) is 0 Å². The van der Waals surface area contributed by atoms with Crippen molar-refractivity contribution in [2.24, 2.45) is 0 Å². The zero-order valence-corrected chi connectivity index (χ0v) is 29.9. The number of anilines is 3. The summed E-state index contributed by atoms with van der Waals surface area (Å²) < 4.78 is 13.1. The van der Waals surface area contributed by atoms with Crippen molar-refractivity contribution in [1.82, 2.24) is 4.98 Å². The van der Waals surface area contributed by atoms with E-state index in [9.17, 15) is 0 Å². The predicted molar refractivity (Wildman–Crippen MR) is 222 cm³/mol. The predicted octanol–water partition coefficient (Wildman–Crippen LogP) is 14.0. The van der Waals surface area contributed by atoms with Crippen LogP contribution in [0.15, 0.2) is 179 Å². The van der Waals surface area contributed by atoms with Crippen LogP contribution in [0.5, 0.6) is 0 Å². The second kappa shape index (κ2) is 11.5. The van der Waals surface area contributed by atoms with Crippen LogP contribution in [0.1, 0.15) is 25.0 Å². The Bertz CT molecular complexity index is 3070. The van der Waals surface area contributed by atoms with E-state index in [1.807, 2.05) is 36.4 Å². The lowest BCUT2D eigenvalue weighted by Gasteiger charge is -2.28. The standard InChI is InChI=1S/C50H34N2O2/c1-50(2)42-20-9-8-17-38(42)39-27-26-35(28-43(39)50)52(34-24-22-32(23-25-34)37-18-10-15-31-12-6-7-16-36(31)37)45-21-11-19-40-41-29-44-47(30-46(41)53-48(40)45)54-49(51-44)33-13-4-3-5-14-33/h3-30H,1-2H3. The molecule has 256 valence electrons. The quantitative estimate of drug-likeness (QED) is 0.180. The molecule has 54 heavy (non-hydrogen) atoms. The van der Waals surface area contributed by atoms with Crippen LogP contribution in [0.25, 0.3) is 77.5 Å². The molecule has 1 aliphatic rings. The molecular formula is C50H34N2O2. The Morgan fingerprint density at radius 2 is 1.19 bits per heavy atom. The molecule has 0 bridgehead atoms. The van der Waals surface area contributed by atoms with Crippen LogP contribution in [0.3, 0.4) is 0 Å². The van der Waals surface area contributed by atoms with Gasteiger partial charge in [0, 0.05) is 39.2 Å². The van der Waals surface area contributed by atoms with Crippen molar-refractivity contribution in [2.75, 3.05) is 4.90 Å². The third kappa shape index (κ3) is 4.60. The lowest BCUT2D eigenvalue weighted by atomic mass is 9.82. The summed E-state index contributed by atoms with van der Waals surface area (Å²) in [6, 6.07) is 60.2. The van der Waals surface area contributed by atoms with Gasteiger partial charge in [-0.2, -0.15) is 0 Å². The Morgan fingerprint density at radius 1 is 0.481 bits per heavy atom. The maximum Gasteiger partial charge on any atom is 0.227 e. The molecule has 0 amide bonds. The Morgan fingerprint density at radius 3 is 2.07 bits per heavy atom. The molecule has 4 nitrogen and oxygen atoms in total. The maximum absolute atomic E-state index is 6.83. The SMILES string of the molecule is CC1(C)c2ccccc2-c2ccc(N(c3ccc(-c4cccc5ccccc45)cc3)c3cccc4c3oc3cc5oc(-c6ccccc6)nc5cc34)cc21. The Labute approximate surface area is 312 Å². The molecule has 0 atom stereocenters. The Kier molecular flexibility index (Phi) is 6.56. The highest BCUT2D eigenvalue weighted by Gasteiger charge is 2.36. The molecule has 0 N–H and O–H groups in total. The number of hydrogen-bond acceptors (Lipinski definition) is 4. The molecule has 0 saturated carbocycles. The van der Waals surface area contributed by atoms with E-state index in [1.54, 1.807) is 0 Å². The first-order valence-corrected chi connectivity index (χ1v) is 18.5. The van der Waals surface area contributed by atoms with Crippen LogP contribution >= 0.6 is 0 Å². The fraction of sp³-hybridized carbons (Fsp3) is 0.0600. The first-order valence-electron chi connectivity index (χ1n) is 18.5. The summed E-state index contributed by atoms with van der Waals surface area (Å²) >= 11 is 0. The monoisotopic (exact) mass is 694 g/mol. The Balaban J connectivity index is 1.09. The van der Waals surface area contributed by atoms with Crippen LogP contribution in [0.4, 0.5) is 17.1 Å². The van der Waals surface area contributed by atoms with E-state index in [1.165, 1.54) is 44.2 Å². The van der Waals surface area contributed by atoms with Crippen molar-refractivity contribution in [2.45, 2.75) is 19.3 Å². The lowest BCUT2D eigenvalue weighted by Crippen LogP contribution is -2.16. The summed E-state index contributed by atoms with van der Waals surface area (Å²) in [5.41, 5.74) is 14.6. The average Bonchev–Trinajstić information content (AvgIpc) is 3.87. The van der Waals surface area contributed by atoms with Crippen LogP contribution in [-0.4, -0.2) is 4.98 Å². The van der Waals surface area contributed by atoms with E-state index < -0.39 is 0 Å². The number of hydrogen-bond donors (Lipinski definition) is 0. The second-order valence-corrected chi connectivity index (χ2v) is 14.8. The molecule has 8 aromatic carbocycles. The van der Waals surface area contributed by atoms with Crippen molar-refractivity contribution in [1.29, 1.82) is 0 Å². The molecule has 2 heterocycles. The van der Waals surface area contributed by atoms with Gasteiger partial charge in [0.05, 0.1) is 5.69 Å². The number of para-hydroxylation sites is 1. The molecule has 0 spiro atoms. The number of rotatable bonds is 5. The minimum Gasteiger partial charge on any atom is -0.454 e. The minimum atomic E-state index is -0.142. The molecule has 11 rings (SSSR count). The van der Waals surface area contributed by atoms with Gasteiger partial charge < -0.3 is 13.7 Å². The summed E-state index contributed by atoms with van der Waals surface area (Å²) in [5, 5.41) is 4.51. The van der Waals surface area contributed by atoms with Gasteiger partial charge in [-0.15, -0.1) is 0 Å². The third-order valence-electron chi connectivity index (χ3n) is 11.3. The highest BCUT2D eigenvalue weighted by Crippen LogP contribution is 2.51. The summed E-state index contributed by atoms with van der Waals surface area (Å²) in [6.07, 6.45) is 0. The number of aromatic nitrogens is 1. The van der Waals surface area contributed by atoms with Gasteiger partial charge in [0.1, 0.15) is 11.1 Å². The smallest absolute Gasteiger partial charge is 0.227 e. The van der Waals surface area contributed by atoms with Crippen LogP contribution in [0, 0.1) is 0 Å². The number of fused-ring (bicyclic) bond motifs is 8. The molecule has 0 aliphatic heterocycles. The van der Waals surface area contributed by atoms with Gasteiger partial charge in [-0.25, -0.2) is 4.98 Å². The van der Waals surface area contributed by atoms with E-state index in [0.29, 0.717) is 11.5 Å². The molecular weight excluding hydrogens is 661 g/mol. The van der Waals surface area contributed by atoms with E-state index in [4.69, 9.17) is 13.8 Å². The molecule has 4 heteroatoms. The highest BCUT2D eigenvalue weighted by molar-refractivity contribution is 6.13. The molecule has 0 saturated heterocycles. The van der Waals surface area contributed by atoms with Gasteiger partial charge in [0.2, 0.25) is 5.89 Å². The van der Waals surface area contributed by atoms with Gasteiger partial charge in [0.25, 0.3) is 0 Å². The fourth-order valence-electron chi connectivity index (χ4n) is 8.61. The fourth-order valence-corrected chi connectivity index (χ4v) is 8.61. The topological polar surface area (TPSA) is 42.4 Å². The zero-order chi connectivity index (χ0) is 36.0.